The van der Waals surface area contributed by atoms with Gasteiger partial charge in [-0.3, -0.25) is 20.2 Å². The predicted octanol–water partition coefficient (Wildman–Crippen LogP) is 2.36. The lowest BCUT2D eigenvalue weighted by Gasteiger charge is -2.03. The lowest BCUT2D eigenvalue weighted by molar-refractivity contribution is -0.380. The van der Waals surface area contributed by atoms with Gasteiger partial charge in [-0.05, 0) is 18.2 Å². The fourth-order valence-corrected chi connectivity index (χ4v) is 3.65. The maximum atomic E-state index is 12.1. The SMILES string of the molecule is CS(=O)(=O)c1ccccc1-c1nnc(NC(=O)c2ccc([N+](=O)[O-])s2)o1. The molecule has 12 heteroatoms. The summed E-state index contributed by atoms with van der Waals surface area (Å²) >= 11 is 0.697. The van der Waals surface area contributed by atoms with Crippen LogP contribution in [0.2, 0.25) is 0 Å². The smallest absolute Gasteiger partial charge is 0.324 e. The largest absolute Gasteiger partial charge is 0.403 e. The number of hydrogen-bond acceptors (Lipinski definition) is 9. The molecule has 134 valence electrons. The van der Waals surface area contributed by atoms with E-state index in [0.29, 0.717) is 11.3 Å². The van der Waals surface area contributed by atoms with Crippen LogP contribution >= 0.6 is 11.3 Å². The Morgan fingerprint density at radius 2 is 1.96 bits per heavy atom. The van der Waals surface area contributed by atoms with E-state index >= 15 is 0 Å². The Hall–Kier alpha value is -3.12. The van der Waals surface area contributed by atoms with Crippen LogP contribution in [0.25, 0.3) is 11.5 Å². The van der Waals surface area contributed by atoms with Crippen LogP contribution in [0.5, 0.6) is 0 Å². The molecule has 26 heavy (non-hydrogen) atoms. The molecule has 0 aliphatic carbocycles. The Balaban J connectivity index is 1.85. The van der Waals surface area contributed by atoms with E-state index in [0.717, 1.165) is 6.26 Å². The van der Waals surface area contributed by atoms with Gasteiger partial charge in [0.05, 0.1) is 20.3 Å². The molecule has 0 saturated heterocycles. The number of carbonyl (C=O) groups excluding carboxylic acids is 1. The number of nitrogens with one attached hydrogen (secondary N) is 1. The maximum absolute atomic E-state index is 12.1. The van der Waals surface area contributed by atoms with Crippen molar-refractivity contribution in [2.24, 2.45) is 0 Å². The van der Waals surface area contributed by atoms with Gasteiger partial charge in [-0.25, -0.2) is 8.42 Å². The van der Waals surface area contributed by atoms with E-state index in [4.69, 9.17) is 4.42 Å². The van der Waals surface area contributed by atoms with Gasteiger partial charge in [0.25, 0.3) is 11.8 Å². The van der Waals surface area contributed by atoms with Gasteiger partial charge in [0.1, 0.15) is 0 Å². The number of aromatic nitrogens is 2. The van der Waals surface area contributed by atoms with E-state index in [9.17, 15) is 23.3 Å². The molecule has 0 saturated carbocycles. The van der Waals surface area contributed by atoms with Crippen LogP contribution in [0, 0.1) is 10.1 Å². The molecule has 0 aliphatic rings. The van der Waals surface area contributed by atoms with Crippen molar-refractivity contribution >= 4 is 38.1 Å². The third kappa shape index (κ3) is 3.60. The van der Waals surface area contributed by atoms with Crippen molar-refractivity contribution in [1.29, 1.82) is 0 Å². The third-order valence-corrected chi connectivity index (χ3v) is 5.35. The van der Waals surface area contributed by atoms with Crippen molar-refractivity contribution in [3.05, 3.63) is 51.4 Å². The lowest BCUT2D eigenvalue weighted by Crippen LogP contribution is -2.10. The average molecular weight is 394 g/mol. The van der Waals surface area contributed by atoms with Crippen LogP contribution in [0.1, 0.15) is 9.67 Å². The van der Waals surface area contributed by atoms with Crippen molar-refractivity contribution in [2.45, 2.75) is 4.90 Å². The van der Waals surface area contributed by atoms with Gasteiger partial charge in [-0.15, -0.1) is 5.10 Å². The summed E-state index contributed by atoms with van der Waals surface area (Å²) in [5, 5.41) is 20.2. The minimum absolute atomic E-state index is 0.00964. The van der Waals surface area contributed by atoms with E-state index in [1.54, 1.807) is 12.1 Å². The number of nitro groups is 1. The van der Waals surface area contributed by atoms with Gasteiger partial charge >= 0.3 is 11.0 Å². The van der Waals surface area contributed by atoms with E-state index in [1.807, 2.05) is 0 Å². The molecule has 0 fully saturated rings. The number of carbonyl (C=O) groups is 1. The minimum atomic E-state index is -3.52. The first kappa shape index (κ1) is 17.7. The van der Waals surface area contributed by atoms with Crippen LogP contribution < -0.4 is 5.32 Å². The summed E-state index contributed by atoms with van der Waals surface area (Å²) in [7, 11) is -3.52. The van der Waals surface area contributed by atoms with Gasteiger partial charge in [0.2, 0.25) is 0 Å². The van der Waals surface area contributed by atoms with Gasteiger partial charge in [0.15, 0.2) is 9.84 Å². The first-order valence-corrected chi connectivity index (χ1v) is 9.65. The monoisotopic (exact) mass is 394 g/mol. The predicted molar refractivity (Wildman–Crippen MR) is 91.8 cm³/mol. The highest BCUT2D eigenvalue weighted by Gasteiger charge is 2.21. The van der Waals surface area contributed by atoms with E-state index < -0.39 is 20.7 Å². The Labute approximate surface area is 150 Å². The van der Waals surface area contributed by atoms with Crippen LogP contribution in [-0.2, 0) is 9.84 Å². The average Bonchev–Trinajstić information content (AvgIpc) is 3.23. The molecule has 1 amide bonds. The molecule has 0 radical (unpaired) electrons. The van der Waals surface area contributed by atoms with E-state index in [2.05, 4.69) is 15.5 Å². The molecule has 3 rings (SSSR count). The molecular weight excluding hydrogens is 384 g/mol. The highest BCUT2D eigenvalue weighted by atomic mass is 32.2. The Morgan fingerprint density at radius 1 is 1.23 bits per heavy atom. The number of rotatable bonds is 5. The number of benzene rings is 1. The Kier molecular flexibility index (Phi) is 4.52. The molecule has 0 aliphatic heterocycles. The van der Waals surface area contributed by atoms with Crippen LogP contribution in [0.4, 0.5) is 11.0 Å². The minimum Gasteiger partial charge on any atom is -0.403 e. The van der Waals surface area contributed by atoms with E-state index in [1.165, 1.54) is 24.3 Å². The molecule has 2 heterocycles. The molecule has 2 aromatic heterocycles. The summed E-state index contributed by atoms with van der Waals surface area (Å²) in [5.41, 5.74) is 0.203. The van der Waals surface area contributed by atoms with Crippen LogP contribution in [0.15, 0.2) is 45.7 Å². The summed E-state index contributed by atoms with van der Waals surface area (Å²) in [6.07, 6.45) is 1.05. The number of thiophene rings is 1. The third-order valence-electron chi connectivity index (χ3n) is 3.16. The topological polar surface area (TPSA) is 145 Å². The summed E-state index contributed by atoms with van der Waals surface area (Å²) in [6, 6.07) is 8.32. The first-order chi connectivity index (χ1) is 12.3. The zero-order chi connectivity index (χ0) is 18.9. The molecule has 0 spiro atoms. The van der Waals surface area contributed by atoms with Crippen molar-refractivity contribution in [3.63, 3.8) is 0 Å². The second kappa shape index (κ2) is 6.65. The highest BCUT2D eigenvalue weighted by Crippen LogP contribution is 2.28. The van der Waals surface area contributed by atoms with Gasteiger partial charge in [-0.2, -0.15) is 0 Å². The number of sulfone groups is 1. The molecule has 0 atom stereocenters. The molecular formula is C14H10N4O6S2. The first-order valence-electron chi connectivity index (χ1n) is 6.94. The summed E-state index contributed by atoms with van der Waals surface area (Å²) < 4.78 is 29.0. The molecule has 0 bridgehead atoms. The normalized spacial score (nSPS) is 11.3. The second-order valence-corrected chi connectivity index (χ2v) is 8.08. The molecule has 3 aromatic rings. The van der Waals surface area contributed by atoms with Gasteiger partial charge < -0.3 is 4.42 Å². The number of nitrogens with zero attached hydrogens (tertiary/aromatic N) is 3. The zero-order valence-electron chi connectivity index (χ0n) is 13.1. The number of amides is 1. The summed E-state index contributed by atoms with van der Waals surface area (Å²) in [5.74, 6) is -0.742. The maximum Gasteiger partial charge on any atom is 0.324 e. The van der Waals surface area contributed by atoms with Crippen molar-refractivity contribution in [3.8, 4) is 11.5 Å². The second-order valence-electron chi connectivity index (χ2n) is 5.03. The van der Waals surface area contributed by atoms with E-state index in [-0.39, 0.29) is 32.2 Å². The summed E-state index contributed by atoms with van der Waals surface area (Å²) in [6.45, 7) is 0. The number of anilines is 1. The molecule has 1 aromatic carbocycles. The fraction of sp³-hybridized carbons (Fsp3) is 0.0714. The van der Waals surface area contributed by atoms with Gasteiger partial charge in [0, 0.05) is 12.3 Å². The zero-order valence-corrected chi connectivity index (χ0v) is 14.7. The van der Waals surface area contributed by atoms with Crippen LogP contribution in [-0.4, -0.2) is 35.7 Å². The lowest BCUT2D eigenvalue weighted by atomic mass is 10.2. The van der Waals surface area contributed by atoms with Crippen molar-refractivity contribution in [1.82, 2.24) is 10.2 Å². The van der Waals surface area contributed by atoms with Crippen molar-refractivity contribution < 1.29 is 22.6 Å². The van der Waals surface area contributed by atoms with Crippen LogP contribution in [0.3, 0.4) is 0 Å². The van der Waals surface area contributed by atoms with Gasteiger partial charge in [-0.1, -0.05) is 28.6 Å². The Bertz CT molecular complexity index is 1100. The quantitative estimate of drug-likeness (QED) is 0.512. The molecule has 0 unspecified atom stereocenters. The highest BCUT2D eigenvalue weighted by molar-refractivity contribution is 7.90. The van der Waals surface area contributed by atoms with Crippen molar-refractivity contribution in [2.75, 3.05) is 11.6 Å². The standard InChI is InChI=1S/C14H10N4O6S2/c1-26(22,23)10-5-3-2-4-8(10)13-16-17-14(24-13)15-12(19)9-6-7-11(25-9)18(20)21/h2-7H,1H3,(H,15,17,19). The number of hydrogen-bond donors (Lipinski definition) is 1. The summed E-state index contributed by atoms with van der Waals surface area (Å²) in [4.78, 5) is 22.2. The Morgan fingerprint density at radius 3 is 2.62 bits per heavy atom. The fourth-order valence-electron chi connectivity index (χ4n) is 2.06. The molecule has 1 N–H and O–H groups in total. The molecule has 10 nitrogen and oxygen atoms in total.